The van der Waals surface area contributed by atoms with E-state index in [1.54, 1.807) is 11.1 Å². The number of nitrogens with zero attached hydrogens (tertiary/aromatic N) is 2. The molecule has 32 heavy (non-hydrogen) atoms. The molecular formula is C22H25BrN4O5. The largest absolute Gasteiger partial charge is 0.489 e. The highest BCUT2D eigenvalue weighted by Gasteiger charge is 2.36. The number of alkyl carbamates (subject to hydrolysis) is 1. The van der Waals surface area contributed by atoms with Crippen LogP contribution in [-0.2, 0) is 14.3 Å². The number of methoxy groups -OCH3 is 1. The van der Waals surface area contributed by atoms with Crippen molar-refractivity contribution in [3.63, 3.8) is 0 Å². The summed E-state index contributed by atoms with van der Waals surface area (Å²) in [5.41, 5.74) is 1.69. The van der Waals surface area contributed by atoms with Gasteiger partial charge >= 0.3 is 6.09 Å². The third-order valence-corrected chi connectivity index (χ3v) is 5.95. The molecule has 2 bridgehead atoms. The summed E-state index contributed by atoms with van der Waals surface area (Å²) in [4.78, 5) is 34.8. The van der Waals surface area contributed by atoms with Crippen molar-refractivity contribution in [2.45, 2.75) is 24.9 Å². The van der Waals surface area contributed by atoms with Crippen molar-refractivity contribution in [1.29, 1.82) is 0 Å². The Balaban J connectivity index is 1.67. The molecule has 2 amide bonds. The van der Waals surface area contributed by atoms with E-state index in [1.165, 1.54) is 7.11 Å². The van der Waals surface area contributed by atoms with Crippen LogP contribution in [-0.4, -0.2) is 66.4 Å². The maximum Gasteiger partial charge on any atom is 0.407 e. The van der Waals surface area contributed by atoms with Gasteiger partial charge in [-0.15, -0.1) is 0 Å². The first kappa shape index (κ1) is 22.3. The van der Waals surface area contributed by atoms with Crippen molar-refractivity contribution in [2.24, 2.45) is 0 Å². The molecule has 2 atom stereocenters. The van der Waals surface area contributed by atoms with Crippen LogP contribution >= 0.6 is 15.9 Å². The summed E-state index contributed by atoms with van der Waals surface area (Å²) in [6, 6.07) is 4.75. The number of hydrogen-bond donors (Lipinski definition) is 2. The van der Waals surface area contributed by atoms with E-state index in [0.717, 1.165) is 28.6 Å². The van der Waals surface area contributed by atoms with Gasteiger partial charge in [-0.05, 0) is 37.1 Å². The lowest BCUT2D eigenvalue weighted by atomic mass is 10.1. The van der Waals surface area contributed by atoms with Gasteiger partial charge in [-0.1, -0.05) is 22.0 Å². The Morgan fingerprint density at radius 1 is 1.34 bits per heavy atom. The van der Waals surface area contributed by atoms with Crippen LogP contribution in [0.1, 0.15) is 24.7 Å². The molecule has 2 unspecified atom stereocenters. The maximum absolute atomic E-state index is 13.3. The quantitative estimate of drug-likeness (QED) is 0.577. The number of imidazole rings is 1. The monoisotopic (exact) mass is 504 g/mol. The van der Waals surface area contributed by atoms with E-state index >= 15 is 0 Å². The van der Waals surface area contributed by atoms with E-state index in [1.807, 2.05) is 30.4 Å². The summed E-state index contributed by atoms with van der Waals surface area (Å²) in [7, 11) is 1.26. The Hall–Kier alpha value is -2.85. The van der Waals surface area contributed by atoms with Gasteiger partial charge in [0.2, 0.25) is 5.91 Å². The molecule has 2 aliphatic rings. The van der Waals surface area contributed by atoms with Gasteiger partial charge in [0.25, 0.3) is 0 Å². The Labute approximate surface area is 194 Å². The van der Waals surface area contributed by atoms with Crippen molar-refractivity contribution >= 4 is 27.9 Å². The molecule has 0 radical (unpaired) electrons. The molecule has 4 rings (SSSR count). The minimum absolute atomic E-state index is 0.0293. The molecule has 2 N–H and O–H groups in total. The molecule has 1 aromatic heterocycles. The number of aromatic nitrogens is 2. The van der Waals surface area contributed by atoms with Crippen molar-refractivity contribution in [3.8, 4) is 17.0 Å². The van der Waals surface area contributed by atoms with E-state index in [0.29, 0.717) is 24.7 Å². The molecule has 1 aromatic carbocycles. The van der Waals surface area contributed by atoms with Crippen LogP contribution in [0.3, 0.4) is 0 Å². The van der Waals surface area contributed by atoms with Crippen molar-refractivity contribution < 1.29 is 23.8 Å². The third kappa shape index (κ3) is 4.97. The molecule has 1 fully saturated rings. The fraction of sp³-hybridized carbons (Fsp3) is 0.409. The predicted octanol–water partition coefficient (Wildman–Crippen LogP) is 3.19. The fourth-order valence-electron chi connectivity index (χ4n) is 3.90. The molecular weight excluding hydrogens is 480 g/mol. The average Bonchev–Trinajstić information content (AvgIpc) is 3.46. The lowest BCUT2D eigenvalue weighted by Gasteiger charge is -2.28. The summed E-state index contributed by atoms with van der Waals surface area (Å²) in [6.45, 7) is 1.24. The molecule has 10 heteroatoms. The van der Waals surface area contributed by atoms with Gasteiger partial charge in [-0.2, -0.15) is 0 Å². The second-order valence-electron chi connectivity index (χ2n) is 7.52. The van der Waals surface area contributed by atoms with E-state index in [9.17, 15) is 9.59 Å². The number of fused-ring (bicyclic) bond motifs is 6. The van der Waals surface area contributed by atoms with Crippen LogP contribution in [0.2, 0.25) is 0 Å². The summed E-state index contributed by atoms with van der Waals surface area (Å²) >= 11 is 3.49. The highest BCUT2D eigenvalue weighted by Crippen LogP contribution is 2.35. The number of aromatic amines is 1. The van der Waals surface area contributed by atoms with Crippen molar-refractivity contribution in [1.82, 2.24) is 20.2 Å². The summed E-state index contributed by atoms with van der Waals surface area (Å²) in [5, 5.41) is 2.59. The van der Waals surface area contributed by atoms with Gasteiger partial charge < -0.3 is 29.4 Å². The number of amides is 2. The number of H-pyrrole nitrogens is 1. The van der Waals surface area contributed by atoms with Gasteiger partial charge in [0.05, 0.1) is 38.3 Å². The van der Waals surface area contributed by atoms with Crippen LogP contribution in [0.4, 0.5) is 4.79 Å². The lowest BCUT2D eigenvalue weighted by molar-refractivity contribution is -0.135. The summed E-state index contributed by atoms with van der Waals surface area (Å²) in [5.74, 6) is 1.19. The van der Waals surface area contributed by atoms with Crippen LogP contribution in [0.15, 0.2) is 41.0 Å². The van der Waals surface area contributed by atoms with Crippen LogP contribution in [0.5, 0.6) is 5.75 Å². The summed E-state index contributed by atoms with van der Waals surface area (Å²) < 4.78 is 17.2. The zero-order valence-electron chi connectivity index (χ0n) is 17.7. The number of ether oxygens (including phenoxy) is 3. The fourth-order valence-corrected chi connectivity index (χ4v) is 4.24. The Kier molecular flexibility index (Phi) is 7.11. The van der Waals surface area contributed by atoms with E-state index in [2.05, 4.69) is 36.0 Å². The molecule has 0 saturated carbocycles. The normalized spacial score (nSPS) is 21.4. The van der Waals surface area contributed by atoms with Crippen LogP contribution < -0.4 is 10.1 Å². The molecule has 9 nitrogen and oxygen atoms in total. The minimum Gasteiger partial charge on any atom is -0.489 e. The number of hydrogen-bond acceptors (Lipinski definition) is 6. The third-order valence-electron chi connectivity index (χ3n) is 5.46. The zero-order valence-corrected chi connectivity index (χ0v) is 19.3. The van der Waals surface area contributed by atoms with Gasteiger partial charge in [0.1, 0.15) is 24.2 Å². The van der Waals surface area contributed by atoms with Crippen LogP contribution in [0, 0.1) is 0 Å². The molecule has 1 saturated heterocycles. The number of benzene rings is 1. The van der Waals surface area contributed by atoms with E-state index in [4.69, 9.17) is 9.47 Å². The first-order valence-corrected chi connectivity index (χ1v) is 11.2. The number of halogens is 1. The second-order valence-corrected chi connectivity index (χ2v) is 8.44. The van der Waals surface area contributed by atoms with Gasteiger partial charge in [0, 0.05) is 16.6 Å². The smallest absolute Gasteiger partial charge is 0.407 e. The van der Waals surface area contributed by atoms with Crippen LogP contribution in [0.25, 0.3) is 11.3 Å². The van der Waals surface area contributed by atoms with Gasteiger partial charge in [0.15, 0.2) is 0 Å². The zero-order chi connectivity index (χ0) is 22.5. The molecule has 2 aromatic rings. The molecule has 170 valence electrons. The summed E-state index contributed by atoms with van der Waals surface area (Å²) in [6.07, 6.45) is 6.36. The standard InChI is InChI=1S/C22H25BrN4O5/c1-30-22(29)26-17-13-31-9-2-3-10-32-19-11-14(23)6-7-15(19)16-12-24-20(25-16)18-5-4-8-27(18)21(17)28/h2-3,6-7,11-12,17-18H,4-5,8-10,13H2,1H3,(H,24,25)(H,26,29). The molecule has 0 aliphatic carbocycles. The minimum atomic E-state index is -0.854. The molecule has 2 aliphatic heterocycles. The Morgan fingerprint density at radius 2 is 2.19 bits per heavy atom. The molecule has 0 spiro atoms. The van der Waals surface area contributed by atoms with E-state index < -0.39 is 12.1 Å². The Bertz CT molecular complexity index is 1010. The van der Waals surface area contributed by atoms with Crippen molar-refractivity contribution in [2.75, 3.05) is 33.5 Å². The van der Waals surface area contributed by atoms with Gasteiger partial charge in [-0.3, -0.25) is 4.79 Å². The number of nitrogens with one attached hydrogen (secondary N) is 2. The predicted molar refractivity (Wildman–Crippen MR) is 120 cm³/mol. The lowest BCUT2D eigenvalue weighted by Crippen LogP contribution is -2.50. The highest BCUT2D eigenvalue weighted by atomic mass is 79.9. The SMILES string of the molecule is COC(=O)NC1COCC=CCOc2cc(Br)ccc2-c2cnc([nH]2)C2CCCN2C1=O. The highest BCUT2D eigenvalue weighted by molar-refractivity contribution is 9.10. The number of rotatable bonds is 1. The van der Waals surface area contributed by atoms with Gasteiger partial charge in [-0.25, -0.2) is 9.78 Å². The Morgan fingerprint density at radius 3 is 3.03 bits per heavy atom. The second kappa shape index (κ2) is 10.2. The van der Waals surface area contributed by atoms with E-state index in [-0.39, 0.29) is 25.2 Å². The number of carbonyl (C=O) groups excluding carboxylic acids is 2. The first-order chi connectivity index (χ1) is 15.6. The average molecular weight is 505 g/mol. The van der Waals surface area contributed by atoms with Crippen molar-refractivity contribution in [3.05, 3.63) is 46.8 Å². The molecule has 3 heterocycles. The number of carbonyl (C=O) groups is 2. The maximum atomic E-state index is 13.3. The first-order valence-electron chi connectivity index (χ1n) is 10.4. The topological polar surface area (TPSA) is 106 Å².